The minimum atomic E-state index is -0.927. The molecule has 0 bridgehead atoms. The SMILES string of the molecule is C[C@@H](O)[C@H]1C(=O)N2C(C(=O)OCOC(=O)C(C)(C)C)=C(c3ccc(NC=O)c(F)c3)C[C@H]12. The molecule has 1 aromatic rings. The van der Waals surface area contributed by atoms with Crippen molar-refractivity contribution in [2.24, 2.45) is 11.3 Å². The molecule has 0 radical (unpaired) electrons. The number of hydrogen-bond donors (Lipinski definition) is 2. The Morgan fingerprint density at radius 2 is 2.03 bits per heavy atom. The summed E-state index contributed by atoms with van der Waals surface area (Å²) in [5, 5.41) is 12.2. The van der Waals surface area contributed by atoms with E-state index in [-0.39, 0.29) is 17.8 Å². The number of aliphatic hydroxyl groups excluding tert-OH is 1. The number of rotatable bonds is 7. The van der Waals surface area contributed by atoms with Crippen LogP contribution >= 0.6 is 0 Å². The number of benzene rings is 1. The third-order valence-corrected chi connectivity index (χ3v) is 5.45. The average Bonchev–Trinajstić information content (AvgIpc) is 3.03. The molecule has 10 heteroatoms. The van der Waals surface area contributed by atoms with Crippen molar-refractivity contribution in [2.75, 3.05) is 12.1 Å². The lowest BCUT2D eigenvalue weighted by atomic mass is 9.82. The van der Waals surface area contributed by atoms with Crippen molar-refractivity contribution in [2.45, 2.75) is 46.3 Å². The van der Waals surface area contributed by atoms with E-state index in [1.807, 2.05) is 0 Å². The number of amides is 2. The topological polar surface area (TPSA) is 122 Å². The number of carbonyl (C=O) groups is 4. The van der Waals surface area contributed by atoms with Crippen LogP contribution in [0.4, 0.5) is 10.1 Å². The minimum absolute atomic E-state index is 0.0400. The van der Waals surface area contributed by atoms with Gasteiger partial charge in [-0.1, -0.05) is 6.07 Å². The maximum atomic E-state index is 14.4. The Balaban J connectivity index is 1.89. The van der Waals surface area contributed by atoms with Crippen molar-refractivity contribution < 1.29 is 38.1 Å². The molecule has 0 unspecified atom stereocenters. The molecule has 2 heterocycles. The molecule has 2 aliphatic heterocycles. The van der Waals surface area contributed by atoms with Gasteiger partial charge in [0.2, 0.25) is 19.1 Å². The van der Waals surface area contributed by atoms with Crippen molar-refractivity contribution in [3.05, 3.63) is 35.3 Å². The van der Waals surface area contributed by atoms with Gasteiger partial charge in [0.05, 0.1) is 29.2 Å². The first-order valence-electron chi connectivity index (χ1n) is 10.1. The Bertz CT molecular complexity index is 996. The standard InChI is InChI=1S/C22H25FN2O7/c1-11(27)17-16-8-13(12-5-6-15(24-9-26)14(23)7-12)18(25(16)19(17)28)20(29)31-10-32-21(30)22(2,3)4/h5-7,9,11,16-17,27H,8,10H2,1-4H3,(H,24,26)/t11-,16-,17-/m1/s1. The first kappa shape index (κ1) is 23.4. The largest absolute Gasteiger partial charge is 0.427 e. The van der Waals surface area contributed by atoms with Crippen molar-refractivity contribution in [3.8, 4) is 0 Å². The second kappa shape index (κ2) is 8.70. The molecule has 0 aromatic heterocycles. The van der Waals surface area contributed by atoms with E-state index in [4.69, 9.17) is 9.47 Å². The smallest absolute Gasteiger partial charge is 0.358 e. The number of hydrogen-bond acceptors (Lipinski definition) is 7. The maximum absolute atomic E-state index is 14.4. The summed E-state index contributed by atoms with van der Waals surface area (Å²) >= 11 is 0. The van der Waals surface area contributed by atoms with E-state index in [1.54, 1.807) is 20.8 Å². The maximum Gasteiger partial charge on any atom is 0.358 e. The zero-order chi connectivity index (χ0) is 23.8. The molecule has 0 spiro atoms. The van der Waals surface area contributed by atoms with E-state index in [1.165, 1.54) is 24.0 Å². The van der Waals surface area contributed by atoms with E-state index in [0.29, 0.717) is 17.5 Å². The molecule has 32 heavy (non-hydrogen) atoms. The van der Waals surface area contributed by atoms with E-state index < -0.39 is 53.9 Å². The molecule has 3 atom stereocenters. The Labute approximate surface area is 184 Å². The highest BCUT2D eigenvalue weighted by atomic mass is 19.1. The second-order valence-corrected chi connectivity index (χ2v) is 8.76. The van der Waals surface area contributed by atoms with Crippen molar-refractivity contribution in [1.29, 1.82) is 0 Å². The Kier molecular flexibility index (Phi) is 6.36. The lowest BCUT2D eigenvalue weighted by molar-refractivity contribution is -0.175. The Morgan fingerprint density at radius 3 is 2.59 bits per heavy atom. The monoisotopic (exact) mass is 448 g/mol. The second-order valence-electron chi connectivity index (χ2n) is 8.76. The highest BCUT2D eigenvalue weighted by Gasteiger charge is 2.57. The summed E-state index contributed by atoms with van der Waals surface area (Å²) in [7, 11) is 0. The van der Waals surface area contributed by atoms with Gasteiger partial charge in [-0.3, -0.25) is 14.4 Å². The Morgan fingerprint density at radius 1 is 1.34 bits per heavy atom. The van der Waals surface area contributed by atoms with Crippen LogP contribution in [0.5, 0.6) is 0 Å². The van der Waals surface area contributed by atoms with Gasteiger partial charge in [0.25, 0.3) is 0 Å². The minimum Gasteiger partial charge on any atom is -0.427 e. The number of halogens is 1. The summed E-state index contributed by atoms with van der Waals surface area (Å²) in [5.74, 6) is -3.34. The molecule has 1 fully saturated rings. The molecule has 2 amide bonds. The van der Waals surface area contributed by atoms with Crippen molar-refractivity contribution in [1.82, 2.24) is 4.90 Å². The van der Waals surface area contributed by atoms with Crippen LogP contribution in [0.2, 0.25) is 0 Å². The van der Waals surface area contributed by atoms with E-state index >= 15 is 0 Å². The van der Waals surface area contributed by atoms with E-state index in [0.717, 1.165) is 6.07 Å². The molecule has 0 aliphatic carbocycles. The van der Waals surface area contributed by atoms with Gasteiger partial charge in [0.1, 0.15) is 11.5 Å². The normalized spacial score (nSPS) is 20.9. The summed E-state index contributed by atoms with van der Waals surface area (Å²) < 4.78 is 24.4. The predicted molar refractivity (Wildman–Crippen MR) is 110 cm³/mol. The fourth-order valence-corrected chi connectivity index (χ4v) is 3.82. The molecule has 0 saturated carbocycles. The first-order valence-corrected chi connectivity index (χ1v) is 10.1. The molecule has 3 rings (SSSR count). The van der Waals surface area contributed by atoms with Gasteiger partial charge < -0.3 is 24.8 Å². The number of carbonyl (C=O) groups excluding carboxylic acids is 4. The summed E-state index contributed by atoms with van der Waals surface area (Å²) in [6.45, 7) is 5.78. The molecular weight excluding hydrogens is 423 g/mol. The molecular formula is C22H25FN2O7. The molecule has 1 aromatic carbocycles. The van der Waals surface area contributed by atoms with Gasteiger partial charge in [-0.05, 0) is 57.4 Å². The number of nitrogens with zero attached hydrogens (tertiary/aromatic N) is 1. The first-order chi connectivity index (χ1) is 15.0. The third kappa shape index (κ3) is 4.22. The highest BCUT2D eigenvalue weighted by Crippen LogP contribution is 2.47. The number of ether oxygens (including phenoxy) is 2. The summed E-state index contributed by atoms with van der Waals surface area (Å²) in [5.41, 5.74) is -0.234. The quantitative estimate of drug-likeness (QED) is 0.282. The zero-order valence-electron chi connectivity index (χ0n) is 18.2. The number of esters is 2. The van der Waals surface area contributed by atoms with E-state index in [2.05, 4.69) is 5.32 Å². The van der Waals surface area contributed by atoms with Crippen LogP contribution < -0.4 is 5.32 Å². The van der Waals surface area contributed by atoms with Gasteiger partial charge in [-0.25, -0.2) is 9.18 Å². The fourth-order valence-electron chi connectivity index (χ4n) is 3.82. The fraction of sp³-hybridized carbons (Fsp3) is 0.455. The summed E-state index contributed by atoms with van der Waals surface area (Å²) in [4.78, 5) is 49.2. The molecule has 2 N–H and O–H groups in total. The summed E-state index contributed by atoms with van der Waals surface area (Å²) in [6, 6.07) is 3.50. The van der Waals surface area contributed by atoms with Gasteiger partial charge >= 0.3 is 11.9 Å². The van der Waals surface area contributed by atoms with Gasteiger partial charge in [0, 0.05) is 0 Å². The number of anilines is 1. The molecule has 172 valence electrons. The van der Waals surface area contributed by atoms with Crippen LogP contribution in [-0.4, -0.2) is 53.2 Å². The summed E-state index contributed by atoms with van der Waals surface area (Å²) in [6.07, 6.45) is -0.385. The van der Waals surface area contributed by atoms with Crippen LogP contribution in [0.15, 0.2) is 23.9 Å². The molecule has 1 saturated heterocycles. The zero-order valence-corrected chi connectivity index (χ0v) is 18.2. The van der Waals surface area contributed by atoms with Crippen LogP contribution in [0.1, 0.15) is 39.7 Å². The van der Waals surface area contributed by atoms with Crippen LogP contribution in [0, 0.1) is 17.2 Å². The van der Waals surface area contributed by atoms with Gasteiger partial charge in [-0.15, -0.1) is 0 Å². The number of β-lactam (4-membered cyclic amide) rings is 1. The Hall–Kier alpha value is -3.27. The van der Waals surface area contributed by atoms with Crippen LogP contribution in [0.3, 0.4) is 0 Å². The molecule has 2 aliphatic rings. The lowest BCUT2D eigenvalue weighted by Crippen LogP contribution is -2.61. The van der Waals surface area contributed by atoms with Crippen LogP contribution in [-0.2, 0) is 28.7 Å². The number of nitrogens with one attached hydrogen (secondary N) is 1. The average molecular weight is 448 g/mol. The van der Waals surface area contributed by atoms with E-state index in [9.17, 15) is 28.7 Å². The van der Waals surface area contributed by atoms with Gasteiger partial charge in [-0.2, -0.15) is 0 Å². The number of aliphatic hydroxyl groups is 1. The lowest BCUT2D eigenvalue weighted by Gasteiger charge is -2.44. The van der Waals surface area contributed by atoms with Crippen LogP contribution in [0.25, 0.3) is 5.57 Å². The highest BCUT2D eigenvalue weighted by molar-refractivity contribution is 6.06. The number of fused-ring (bicyclic) bond motifs is 1. The molecule has 9 nitrogen and oxygen atoms in total. The van der Waals surface area contributed by atoms with Crippen molar-refractivity contribution >= 4 is 35.5 Å². The predicted octanol–water partition coefficient (Wildman–Crippen LogP) is 1.81. The third-order valence-electron chi connectivity index (χ3n) is 5.45. The van der Waals surface area contributed by atoms with Crippen molar-refractivity contribution in [3.63, 3.8) is 0 Å². The van der Waals surface area contributed by atoms with Gasteiger partial charge in [0.15, 0.2) is 0 Å².